The fourth-order valence-corrected chi connectivity index (χ4v) is 4.92. The molecule has 2 aliphatic heterocycles. The van der Waals surface area contributed by atoms with Crippen LogP contribution in [0.4, 0.5) is 5.69 Å². The lowest BCUT2D eigenvalue weighted by Crippen LogP contribution is -2.57. The molecule has 0 spiro atoms. The molecule has 0 aromatic heterocycles. The summed E-state index contributed by atoms with van der Waals surface area (Å²) in [6.07, 6.45) is 1.23. The molecule has 32 heavy (non-hydrogen) atoms. The van der Waals surface area contributed by atoms with E-state index in [-0.39, 0.29) is 24.1 Å². The lowest BCUT2D eigenvalue weighted by Gasteiger charge is -2.47. The van der Waals surface area contributed by atoms with Crippen molar-refractivity contribution in [3.63, 3.8) is 0 Å². The number of carbonyl (C=O) groups is 3. The summed E-state index contributed by atoms with van der Waals surface area (Å²) in [5, 5.41) is 3.30. The van der Waals surface area contributed by atoms with Crippen LogP contribution in [0.25, 0.3) is 0 Å². The number of fused-ring (bicyclic) bond motifs is 1. The van der Waals surface area contributed by atoms with Crippen LogP contribution in [0.5, 0.6) is 5.75 Å². The molecule has 0 saturated carbocycles. The summed E-state index contributed by atoms with van der Waals surface area (Å²) in [6.45, 7) is 3.04. The van der Waals surface area contributed by atoms with E-state index in [9.17, 15) is 14.4 Å². The number of rotatable bonds is 5. The molecule has 0 aliphatic carbocycles. The van der Waals surface area contributed by atoms with Crippen LogP contribution < -0.4 is 10.1 Å². The van der Waals surface area contributed by atoms with E-state index in [0.29, 0.717) is 54.5 Å². The van der Waals surface area contributed by atoms with Crippen LogP contribution in [0.1, 0.15) is 42.1 Å². The number of nitrogens with one attached hydrogen (secondary N) is 1. The minimum Gasteiger partial charge on any atom is -0.495 e. The van der Waals surface area contributed by atoms with Crippen LogP contribution in [-0.4, -0.2) is 53.3 Å². The van der Waals surface area contributed by atoms with E-state index in [4.69, 9.17) is 16.3 Å². The van der Waals surface area contributed by atoms with E-state index in [1.807, 2.05) is 29.2 Å². The van der Waals surface area contributed by atoms with E-state index in [0.717, 1.165) is 5.56 Å². The topological polar surface area (TPSA) is 79.0 Å². The maximum atomic E-state index is 13.3. The van der Waals surface area contributed by atoms with Gasteiger partial charge in [-0.3, -0.25) is 14.4 Å². The van der Waals surface area contributed by atoms with Gasteiger partial charge >= 0.3 is 0 Å². The van der Waals surface area contributed by atoms with Crippen molar-refractivity contribution in [2.75, 3.05) is 25.5 Å². The van der Waals surface area contributed by atoms with Crippen LogP contribution in [0, 0.1) is 0 Å². The first-order chi connectivity index (χ1) is 15.3. The quantitative estimate of drug-likeness (QED) is 0.745. The standard InChI is InChI=1S/C24H26ClN3O4/c1-16(29)27-11-9-24(10-12-27,28-15-17-5-3-4-6-19(17)23(28)31)14-22(30)26-18-7-8-21(32-2)20(25)13-18/h3-8,13H,9-12,14-15H2,1-2H3,(H,26,30). The summed E-state index contributed by atoms with van der Waals surface area (Å²) in [5.41, 5.74) is 1.55. The minimum atomic E-state index is -0.664. The van der Waals surface area contributed by atoms with Gasteiger partial charge in [0.1, 0.15) is 5.75 Å². The van der Waals surface area contributed by atoms with Gasteiger partial charge in [0, 0.05) is 37.8 Å². The molecule has 0 radical (unpaired) electrons. The highest BCUT2D eigenvalue weighted by molar-refractivity contribution is 6.32. The molecule has 4 rings (SSSR count). The number of halogens is 1. The molecule has 0 bridgehead atoms. The second-order valence-corrected chi connectivity index (χ2v) is 8.76. The van der Waals surface area contributed by atoms with Crippen molar-refractivity contribution >= 4 is 35.0 Å². The molecule has 1 saturated heterocycles. The number of piperidine rings is 1. The maximum Gasteiger partial charge on any atom is 0.254 e. The molecule has 168 valence electrons. The Bertz CT molecular complexity index is 1060. The first-order valence-corrected chi connectivity index (χ1v) is 11.0. The van der Waals surface area contributed by atoms with E-state index in [1.165, 1.54) is 7.11 Å². The average Bonchev–Trinajstić information content (AvgIpc) is 3.11. The molecule has 0 atom stereocenters. The van der Waals surface area contributed by atoms with Crippen molar-refractivity contribution < 1.29 is 19.1 Å². The Hall–Kier alpha value is -3.06. The normalized spacial score (nSPS) is 17.2. The number of nitrogens with zero attached hydrogens (tertiary/aromatic N) is 2. The number of likely N-dealkylation sites (tertiary alicyclic amines) is 1. The Morgan fingerprint density at radius 2 is 1.88 bits per heavy atom. The van der Waals surface area contributed by atoms with Crippen LogP contribution in [0.3, 0.4) is 0 Å². The number of carbonyl (C=O) groups excluding carboxylic acids is 3. The van der Waals surface area contributed by atoms with Crippen molar-refractivity contribution in [2.45, 2.75) is 38.3 Å². The predicted molar refractivity (Wildman–Crippen MR) is 122 cm³/mol. The van der Waals surface area contributed by atoms with Crippen molar-refractivity contribution in [3.05, 3.63) is 58.6 Å². The van der Waals surface area contributed by atoms with Gasteiger partial charge in [0.2, 0.25) is 11.8 Å². The third-order valence-electron chi connectivity index (χ3n) is 6.46. The molecule has 2 aromatic rings. The van der Waals surface area contributed by atoms with E-state index in [2.05, 4.69) is 5.32 Å². The number of hydrogen-bond donors (Lipinski definition) is 1. The van der Waals surface area contributed by atoms with Crippen LogP contribution in [0.15, 0.2) is 42.5 Å². The second-order valence-electron chi connectivity index (χ2n) is 8.35. The smallest absolute Gasteiger partial charge is 0.254 e. The summed E-state index contributed by atoms with van der Waals surface area (Å²) in [6, 6.07) is 12.6. The second kappa shape index (κ2) is 8.82. The third-order valence-corrected chi connectivity index (χ3v) is 6.75. The Morgan fingerprint density at radius 1 is 1.16 bits per heavy atom. The van der Waals surface area contributed by atoms with Crippen LogP contribution in [-0.2, 0) is 16.1 Å². The number of methoxy groups -OCH3 is 1. The fraction of sp³-hybridized carbons (Fsp3) is 0.375. The highest BCUT2D eigenvalue weighted by Gasteiger charge is 2.47. The summed E-state index contributed by atoms with van der Waals surface area (Å²) < 4.78 is 5.16. The molecular formula is C24H26ClN3O4. The molecule has 2 aromatic carbocycles. The van der Waals surface area contributed by atoms with Gasteiger partial charge in [-0.2, -0.15) is 0 Å². The monoisotopic (exact) mass is 455 g/mol. The first kappa shape index (κ1) is 22.1. The zero-order valence-corrected chi connectivity index (χ0v) is 18.9. The van der Waals surface area contributed by atoms with Crippen molar-refractivity contribution in [1.29, 1.82) is 0 Å². The first-order valence-electron chi connectivity index (χ1n) is 10.6. The number of anilines is 1. The molecule has 7 nitrogen and oxygen atoms in total. The molecule has 3 amide bonds. The van der Waals surface area contributed by atoms with Crippen molar-refractivity contribution in [3.8, 4) is 5.75 Å². The molecule has 2 aliphatic rings. The predicted octanol–water partition coefficient (Wildman–Crippen LogP) is 3.71. The van der Waals surface area contributed by atoms with Gasteiger partial charge in [0.25, 0.3) is 5.91 Å². The van der Waals surface area contributed by atoms with Crippen molar-refractivity contribution in [1.82, 2.24) is 9.80 Å². The molecule has 8 heteroatoms. The number of ether oxygens (including phenoxy) is 1. The number of hydrogen-bond acceptors (Lipinski definition) is 4. The summed E-state index contributed by atoms with van der Waals surface area (Å²) >= 11 is 6.19. The Balaban J connectivity index is 1.56. The highest BCUT2D eigenvalue weighted by atomic mass is 35.5. The fourth-order valence-electron chi connectivity index (χ4n) is 4.67. The van der Waals surface area contributed by atoms with Gasteiger partial charge in [-0.15, -0.1) is 0 Å². The molecule has 0 unspecified atom stereocenters. The average molecular weight is 456 g/mol. The Labute approximate surface area is 192 Å². The van der Waals surface area contributed by atoms with Crippen molar-refractivity contribution in [2.24, 2.45) is 0 Å². The van der Waals surface area contributed by atoms with Gasteiger partial charge in [0.05, 0.1) is 24.1 Å². The Kier molecular flexibility index (Phi) is 6.11. The molecule has 2 heterocycles. The Morgan fingerprint density at radius 3 is 2.50 bits per heavy atom. The molecular weight excluding hydrogens is 430 g/mol. The van der Waals surface area contributed by atoms with Gasteiger partial charge < -0.3 is 19.9 Å². The third kappa shape index (κ3) is 4.17. The lowest BCUT2D eigenvalue weighted by atomic mass is 9.82. The van der Waals surface area contributed by atoms with Crippen LogP contribution >= 0.6 is 11.6 Å². The lowest BCUT2D eigenvalue weighted by molar-refractivity contribution is -0.131. The summed E-state index contributed by atoms with van der Waals surface area (Å²) in [4.78, 5) is 41.8. The summed E-state index contributed by atoms with van der Waals surface area (Å²) in [5.74, 6) is 0.272. The SMILES string of the molecule is COc1ccc(NC(=O)CC2(N3Cc4ccccc4C3=O)CCN(C(C)=O)CC2)cc1Cl. The minimum absolute atomic E-state index is 0.00645. The highest BCUT2D eigenvalue weighted by Crippen LogP contribution is 2.39. The zero-order valence-electron chi connectivity index (χ0n) is 18.2. The van der Waals surface area contributed by atoms with E-state index < -0.39 is 5.54 Å². The number of benzene rings is 2. The van der Waals surface area contributed by atoms with Gasteiger partial charge in [-0.25, -0.2) is 0 Å². The largest absolute Gasteiger partial charge is 0.495 e. The summed E-state index contributed by atoms with van der Waals surface area (Å²) in [7, 11) is 1.53. The maximum absolute atomic E-state index is 13.3. The van der Waals surface area contributed by atoms with Gasteiger partial charge in [-0.05, 0) is 42.7 Å². The number of amides is 3. The van der Waals surface area contributed by atoms with Gasteiger partial charge in [0.15, 0.2) is 0 Å². The van der Waals surface area contributed by atoms with Crippen LogP contribution in [0.2, 0.25) is 5.02 Å². The van der Waals surface area contributed by atoms with E-state index in [1.54, 1.807) is 30.0 Å². The molecule has 1 N–H and O–H groups in total. The molecule has 1 fully saturated rings. The van der Waals surface area contributed by atoms with E-state index >= 15 is 0 Å². The zero-order chi connectivity index (χ0) is 22.9. The van der Waals surface area contributed by atoms with Gasteiger partial charge in [-0.1, -0.05) is 29.8 Å².